The summed E-state index contributed by atoms with van der Waals surface area (Å²) in [7, 11) is -4.00. The summed E-state index contributed by atoms with van der Waals surface area (Å²) in [6.07, 6.45) is 0. The Hall–Kier alpha value is 1.12. The summed E-state index contributed by atoms with van der Waals surface area (Å²) in [6, 6.07) is 0. The van der Waals surface area contributed by atoms with Crippen LogP contribution in [0.1, 0.15) is 0 Å². The third-order valence-electron chi connectivity index (χ3n) is 0.0393. The molecule has 0 saturated carbocycles. The van der Waals surface area contributed by atoms with Gasteiger partial charge >= 0.3 is 40.0 Å². The maximum atomic E-state index is 8.74. The second-order valence-electron chi connectivity index (χ2n) is 0.640. The van der Waals surface area contributed by atoms with Crippen molar-refractivity contribution in [3.8, 4) is 0 Å². The van der Waals surface area contributed by atoms with E-state index in [-0.39, 0.29) is 41.5 Å². The van der Waals surface area contributed by atoms with Crippen LogP contribution in [0.3, 0.4) is 0 Å². The van der Waals surface area contributed by atoms with Gasteiger partial charge in [-0.2, -0.15) is 8.42 Å². The van der Waals surface area contributed by atoms with Crippen LogP contribution in [-0.2, 0) is 20.1 Å². The molecule has 2 unspecified atom stereocenters. The minimum absolute atomic E-state index is 0. The summed E-state index contributed by atoms with van der Waals surface area (Å²) < 4.78 is 44.1. The number of rotatable bonds is 1. The van der Waals surface area contributed by atoms with Gasteiger partial charge in [-0.1, -0.05) is 13.3 Å². The van der Waals surface area contributed by atoms with Gasteiger partial charge in [0.05, 0.1) is 2.56 Å². The molecule has 0 aromatic carbocycles. The molecule has 2 atom stereocenters. The molecule has 0 rings (SSSR count). The van der Waals surface area contributed by atoms with E-state index in [1.807, 2.05) is 13.3 Å². The van der Waals surface area contributed by atoms with Crippen molar-refractivity contribution >= 4 is 35.2 Å². The van der Waals surface area contributed by atoms with E-state index >= 15 is 0 Å². The fourth-order valence-electron chi connectivity index (χ4n) is 0. The largest absolute Gasteiger partial charge is 1.00 e. The van der Waals surface area contributed by atoms with Crippen LogP contribution in [0, 0.1) is 0 Å². The van der Waals surface area contributed by atoms with Crippen molar-refractivity contribution in [3.05, 3.63) is 0 Å². The molecule has 0 spiro atoms. The molecule has 0 heterocycles. The normalized spacial score (nSPS) is 9.40. The molecule has 0 aromatic heterocycles. The Kier molecular flexibility index (Phi) is 60.6. The van der Waals surface area contributed by atoms with E-state index in [0.717, 1.165) is 0 Å². The van der Waals surface area contributed by atoms with Crippen molar-refractivity contribution in [3.63, 3.8) is 0 Å². The topological polar surface area (TPSA) is 155 Å². The Morgan fingerprint density at radius 3 is 1.47 bits per heavy atom. The molecule has 0 aliphatic carbocycles. The average Bonchev–Trinajstić information content (AvgIpc) is 2.04. The molecule has 8 nitrogen and oxygen atoms in total. The predicted molar refractivity (Wildman–Crippen MR) is 56.2 cm³/mol. The number of hydrogen-bond donors (Lipinski definition) is 2. The molecule has 0 radical (unpaired) electrons. The summed E-state index contributed by atoms with van der Waals surface area (Å²) >= 11 is 0. The summed E-state index contributed by atoms with van der Waals surface area (Å²) in [6.45, 7) is 3.46. The maximum Gasteiger partial charge on any atom is 1.00 e. The standard InChI is InChI=1S/CH2O3.2CH5P.Na.H2O4S.H2O/c2-1-4-3;2*1-2;;1-5(2,3)4;/h1,3H;2*2H2,1H3;;(H2,1,2,3,4);1H2/q;;;+1;;/p-1/i;2*2T;;;. The van der Waals surface area contributed by atoms with E-state index in [9.17, 15) is 0 Å². The maximum absolute atomic E-state index is 8.74. The zero-order chi connectivity index (χ0) is 13.3. The summed E-state index contributed by atoms with van der Waals surface area (Å²) in [5, 5.41) is 8.43. The number of carbonyl (C=O) groups excluding carboxylic acids is 1. The van der Waals surface area contributed by atoms with Gasteiger partial charge in [-0.3, -0.25) is 13.9 Å². The zero-order valence-corrected chi connectivity index (χ0v) is 13.2. The van der Waals surface area contributed by atoms with Crippen LogP contribution in [0.25, 0.3) is 0 Å². The quantitative estimate of drug-likeness (QED) is 0.122. The first-order valence-corrected chi connectivity index (χ1v) is 5.73. The van der Waals surface area contributed by atoms with Gasteiger partial charge in [0.25, 0.3) is 6.47 Å². The van der Waals surface area contributed by atoms with Gasteiger partial charge in [-0.25, -0.2) is 0 Å². The van der Waals surface area contributed by atoms with Crippen molar-refractivity contribution in [2.75, 3.05) is 13.3 Å². The molecule has 0 aliphatic heterocycles. The van der Waals surface area contributed by atoms with Crippen molar-refractivity contribution in [1.82, 2.24) is 0 Å². The van der Waals surface area contributed by atoms with Crippen LogP contribution in [0.15, 0.2) is 0 Å². The van der Waals surface area contributed by atoms with E-state index in [4.69, 9.17) is 30.1 Å². The van der Waals surface area contributed by atoms with Crippen molar-refractivity contribution < 1.29 is 67.5 Å². The van der Waals surface area contributed by atoms with Crippen LogP contribution in [0.2, 0.25) is 0 Å². The Bertz CT molecular complexity index is 183. The molecule has 92 valence electrons. The molecular weight excluding hydrogens is 281 g/mol. The van der Waals surface area contributed by atoms with Crippen LogP contribution < -0.4 is 34.8 Å². The van der Waals surface area contributed by atoms with Gasteiger partial charge in [0.15, 0.2) is 0 Å². The Balaban J connectivity index is -0.0000000234. The summed E-state index contributed by atoms with van der Waals surface area (Å²) in [5.41, 5.74) is 0. The SMILES string of the molecule is O.O=CO[O-].O=S(=O)(O)O.[3H]PC.[3H]PC.[Na+]. The van der Waals surface area contributed by atoms with E-state index in [1.54, 1.807) is 0 Å². The number of hydrogen-bond acceptors (Lipinski definition) is 5. The Labute approximate surface area is 118 Å². The Morgan fingerprint density at radius 2 is 1.47 bits per heavy atom. The molecule has 0 aliphatic rings. The third kappa shape index (κ3) is 579. The Morgan fingerprint density at radius 1 is 1.40 bits per heavy atom. The molecule has 12 heteroatoms. The van der Waals surface area contributed by atoms with E-state index in [1.165, 1.54) is 0 Å². The van der Waals surface area contributed by atoms with E-state index in [0.29, 0.717) is 18.4 Å². The second-order valence-corrected chi connectivity index (χ2v) is 1.54. The van der Waals surface area contributed by atoms with Crippen molar-refractivity contribution in [2.24, 2.45) is 0 Å². The molecule has 0 fully saturated rings. The summed E-state index contributed by atoms with van der Waals surface area (Å²) in [5.74, 6) is 0. The molecular formula is C3H15NaO8P2S. The van der Waals surface area contributed by atoms with Gasteiger partial charge in [0.1, 0.15) is 0 Å². The molecule has 4 N–H and O–H groups in total. The van der Waals surface area contributed by atoms with Crippen LogP contribution in [0.4, 0.5) is 0 Å². The minimum Gasteiger partial charge on any atom is -0.662 e. The molecule has 15 heavy (non-hydrogen) atoms. The monoisotopic (exact) mass is 300 g/mol. The van der Waals surface area contributed by atoms with Gasteiger partial charge in [0.2, 0.25) is 0 Å². The first kappa shape index (κ1) is 25.1. The molecule has 0 aromatic rings. The average molecular weight is 300 g/mol. The van der Waals surface area contributed by atoms with Gasteiger partial charge in [-0.05, 0) is 0 Å². The zero-order valence-electron chi connectivity index (χ0n) is 10.4. The van der Waals surface area contributed by atoms with E-state index in [2.05, 4.69) is 4.89 Å². The first-order chi connectivity index (χ1) is 6.74. The van der Waals surface area contributed by atoms with Gasteiger partial charge in [0, 0.05) is 0 Å². The van der Waals surface area contributed by atoms with Crippen molar-refractivity contribution in [2.45, 2.75) is 0 Å². The van der Waals surface area contributed by atoms with E-state index < -0.39 is 10.4 Å². The minimum atomic E-state index is -4.67. The molecule has 0 amide bonds. The second kappa shape index (κ2) is 36.2. The smallest absolute Gasteiger partial charge is 0.662 e. The first-order valence-electron chi connectivity index (χ1n) is 3.34. The fraction of sp³-hybridized carbons (Fsp3) is 0.667. The third-order valence-corrected chi connectivity index (χ3v) is 0.0393. The molecule has 0 bridgehead atoms. The van der Waals surface area contributed by atoms with Crippen LogP contribution in [0.5, 0.6) is 0 Å². The van der Waals surface area contributed by atoms with Crippen molar-refractivity contribution in [1.29, 1.82) is 2.56 Å². The van der Waals surface area contributed by atoms with Gasteiger partial charge in [-0.15, -0.1) is 18.4 Å². The van der Waals surface area contributed by atoms with Crippen LogP contribution in [-0.4, -0.2) is 45.4 Å². The fourth-order valence-corrected chi connectivity index (χ4v) is 0. The summed E-state index contributed by atoms with van der Waals surface area (Å²) in [4.78, 5) is 11.2. The van der Waals surface area contributed by atoms with Crippen LogP contribution >= 0.6 is 18.4 Å². The number of carbonyl (C=O) groups is 1. The predicted octanol–water partition coefficient (Wildman–Crippen LogP) is -5.06. The van der Waals surface area contributed by atoms with Gasteiger partial charge < -0.3 is 15.6 Å². The molecule has 0 saturated heterocycles.